The summed E-state index contributed by atoms with van der Waals surface area (Å²) in [5.74, 6) is 0.708. The zero-order chi connectivity index (χ0) is 14.4. The van der Waals surface area contributed by atoms with E-state index < -0.39 is 0 Å². The fourth-order valence-electron chi connectivity index (χ4n) is 2.52. The molecule has 0 aliphatic heterocycles. The third-order valence-electron chi connectivity index (χ3n) is 3.50. The van der Waals surface area contributed by atoms with Crippen molar-refractivity contribution in [1.29, 1.82) is 0 Å². The molecule has 0 unspecified atom stereocenters. The van der Waals surface area contributed by atoms with E-state index in [1.54, 1.807) is 4.52 Å². The quantitative estimate of drug-likeness (QED) is 0.581. The highest BCUT2D eigenvalue weighted by Gasteiger charge is 2.07. The lowest BCUT2D eigenvalue weighted by atomic mass is 10.1. The summed E-state index contributed by atoms with van der Waals surface area (Å²) < 4.78 is 1.69. The van der Waals surface area contributed by atoms with Crippen LogP contribution in [0.3, 0.4) is 0 Å². The van der Waals surface area contributed by atoms with Crippen LogP contribution >= 0.6 is 0 Å². The topological polar surface area (TPSA) is 63.0 Å². The smallest absolute Gasteiger partial charge is 0.256 e. The highest BCUT2D eigenvalue weighted by atomic mass is 16.1. The van der Waals surface area contributed by atoms with Gasteiger partial charge in [0.15, 0.2) is 5.65 Å². The molecule has 5 nitrogen and oxygen atoms in total. The largest absolute Gasteiger partial charge is 0.321 e. The number of para-hydroxylation sites is 1. The Balaban J connectivity index is 1.98. The molecular formula is C16H12N4O. The number of benzene rings is 1. The summed E-state index contributed by atoms with van der Waals surface area (Å²) in [5.41, 5.74) is 2.95. The fourth-order valence-corrected chi connectivity index (χ4v) is 2.52. The van der Waals surface area contributed by atoms with E-state index in [-0.39, 0.29) is 5.56 Å². The monoisotopic (exact) mass is 276 g/mol. The second kappa shape index (κ2) is 4.28. The van der Waals surface area contributed by atoms with Crippen molar-refractivity contribution in [2.24, 2.45) is 0 Å². The zero-order valence-corrected chi connectivity index (χ0v) is 11.4. The number of fused-ring (bicyclic) bond motifs is 2. The van der Waals surface area contributed by atoms with Crippen LogP contribution in [0.1, 0.15) is 5.82 Å². The van der Waals surface area contributed by atoms with Gasteiger partial charge in [-0.15, -0.1) is 0 Å². The normalized spacial score (nSPS) is 11.3. The number of aromatic amines is 1. The first kappa shape index (κ1) is 11.8. The molecule has 0 aliphatic carbocycles. The Morgan fingerprint density at radius 2 is 2.00 bits per heavy atom. The summed E-state index contributed by atoms with van der Waals surface area (Å²) >= 11 is 0. The molecule has 0 saturated heterocycles. The average Bonchev–Trinajstić information content (AvgIpc) is 2.85. The fraction of sp³-hybridized carbons (Fsp3) is 0.0625. The van der Waals surface area contributed by atoms with E-state index in [4.69, 9.17) is 0 Å². The molecule has 102 valence electrons. The maximum absolute atomic E-state index is 12.3. The van der Waals surface area contributed by atoms with Gasteiger partial charge in [0, 0.05) is 22.8 Å². The molecule has 5 heteroatoms. The Bertz CT molecular complexity index is 1030. The molecule has 21 heavy (non-hydrogen) atoms. The third-order valence-corrected chi connectivity index (χ3v) is 3.50. The van der Waals surface area contributed by atoms with Crippen LogP contribution in [0.5, 0.6) is 0 Å². The Kier molecular flexibility index (Phi) is 2.41. The number of hydrogen-bond donors (Lipinski definition) is 1. The summed E-state index contributed by atoms with van der Waals surface area (Å²) in [6, 6.07) is 13.4. The Labute approximate surface area is 119 Å². The molecule has 1 N–H and O–H groups in total. The van der Waals surface area contributed by atoms with Gasteiger partial charge >= 0.3 is 0 Å². The van der Waals surface area contributed by atoms with Gasteiger partial charge in [0.1, 0.15) is 5.82 Å². The van der Waals surface area contributed by atoms with Crippen molar-refractivity contribution in [3.05, 3.63) is 64.8 Å². The van der Waals surface area contributed by atoms with E-state index in [9.17, 15) is 4.79 Å². The van der Waals surface area contributed by atoms with Gasteiger partial charge in [0.25, 0.3) is 5.56 Å². The van der Waals surface area contributed by atoms with Crippen LogP contribution in [0.15, 0.2) is 53.5 Å². The second-order valence-corrected chi connectivity index (χ2v) is 4.98. The van der Waals surface area contributed by atoms with E-state index in [1.807, 2.05) is 55.6 Å². The highest BCUT2D eigenvalue weighted by molar-refractivity contribution is 5.83. The summed E-state index contributed by atoms with van der Waals surface area (Å²) in [6.07, 6.45) is 1.83. The molecular weight excluding hydrogens is 264 g/mol. The third kappa shape index (κ3) is 1.90. The first-order chi connectivity index (χ1) is 10.2. The number of nitrogens with one attached hydrogen (secondary N) is 1. The molecule has 0 spiro atoms. The maximum Gasteiger partial charge on any atom is 0.256 e. The number of nitrogens with zero attached hydrogens (tertiary/aromatic N) is 3. The van der Waals surface area contributed by atoms with Crippen molar-refractivity contribution in [3.8, 4) is 11.1 Å². The van der Waals surface area contributed by atoms with Gasteiger partial charge in [-0.3, -0.25) is 4.79 Å². The number of aryl methyl sites for hydroxylation is 1. The van der Waals surface area contributed by atoms with Crippen LogP contribution in [-0.4, -0.2) is 19.6 Å². The van der Waals surface area contributed by atoms with Gasteiger partial charge in [0.2, 0.25) is 0 Å². The lowest BCUT2D eigenvalue weighted by molar-refractivity contribution is 0.931. The van der Waals surface area contributed by atoms with Crippen LogP contribution in [0, 0.1) is 6.92 Å². The minimum Gasteiger partial charge on any atom is -0.321 e. The van der Waals surface area contributed by atoms with Gasteiger partial charge in [-0.05, 0) is 36.6 Å². The molecule has 3 heterocycles. The molecule has 0 aliphatic rings. The van der Waals surface area contributed by atoms with Crippen LogP contribution in [0.2, 0.25) is 0 Å². The Morgan fingerprint density at radius 3 is 2.90 bits per heavy atom. The lowest BCUT2D eigenvalue weighted by Gasteiger charge is -2.04. The van der Waals surface area contributed by atoms with Gasteiger partial charge < -0.3 is 4.98 Å². The zero-order valence-electron chi connectivity index (χ0n) is 11.4. The Morgan fingerprint density at radius 1 is 1.14 bits per heavy atom. The number of rotatable bonds is 1. The number of aromatic nitrogens is 4. The van der Waals surface area contributed by atoms with Crippen molar-refractivity contribution in [2.45, 2.75) is 6.92 Å². The average molecular weight is 276 g/mol. The van der Waals surface area contributed by atoms with E-state index in [2.05, 4.69) is 15.1 Å². The summed E-state index contributed by atoms with van der Waals surface area (Å²) in [6.45, 7) is 1.84. The van der Waals surface area contributed by atoms with Crippen LogP contribution in [0.25, 0.3) is 27.7 Å². The predicted molar refractivity (Wildman–Crippen MR) is 81.3 cm³/mol. The van der Waals surface area contributed by atoms with Gasteiger partial charge in [0.05, 0.1) is 0 Å². The van der Waals surface area contributed by atoms with Crippen molar-refractivity contribution < 1.29 is 0 Å². The minimum atomic E-state index is -0.107. The van der Waals surface area contributed by atoms with E-state index in [0.29, 0.717) is 11.4 Å². The first-order valence-corrected chi connectivity index (χ1v) is 6.66. The van der Waals surface area contributed by atoms with Crippen LogP contribution < -0.4 is 5.56 Å². The molecule has 3 aromatic heterocycles. The molecule has 0 bridgehead atoms. The number of hydrogen-bond acceptors (Lipinski definition) is 3. The first-order valence-electron chi connectivity index (χ1n) is 6.66. The lowest BCUT2D eigenvalue weighted by Crippen LogP contribution is -2.09. The van der Waals surface area contributed by atoms with E-state index in [1.165, 1.54) is 0 Å². The van der Waals surface area contributed by atoms with Gasteiger partial charge in [-0.2, -0.15) is 5.10 Å². The molecule has 4 rings (SSSR count). The van der Waals surface area contributed by atoms with E-state index >= 15 is 0 Å². The minimum absolute atomic E-state index is 0.107. The maximum atomic E-state index is 12.3. The van der Waals surface area contributed by atoms with Crippen molar-refractivity contribution in [3.63, 3.8) is 0 Å². The van der Waals surface area contributed by atoms with Crippen molar-refractivity contribution in [2.75, 3.05) is 0 Å². The predicted octanol–water partition coefficient (Wildman–Crippen LogP) is 2.55. The molecule has 0 amide bonds. The number of pyridine rings is 2. The van der Waals surface area contributed by atoms with Gasteiger partial charge in [-0.25, -0.2) is 9.50 Å². The highest BCUT2D eigenvalue weighted by Crippen LogP contribution is 2.19. The summed E-state index contributed by atoms with van der Waals surface area (Å²) in [5, 5.41) is 5.29. The summed E-state index contributed by atoms with van der Waals surface area (Å²) in [4.78, 5) is 19.5. The molecule has 4 aromatic rings. The van der Waals surface area contributed by atoms with Gasteiger partial charge in [-0.1, -0.05) is 18.2 Å². The standard InChI is InChI=1S/C16H12N4O/c1-10-17-15-7-6-12(9-20(15)19-10)13-8-11-4-2-3-5-14(11)18-16(13)21/h2-9H,1H3,(H,18,21). The van der Waals surface area contributed by atoms with Crippen LogP contribution in [0.4, 0.5) is 0 Å². The molecule has 0 fully saturated rings. The van der Waals surface area contributed by atoms with Crippen molar-refractivity contribution >= 4 is 16.6 Å². The molecule has 0 radical (unpaired) electrons. The van der Waals surface area contributed by atoms with Crippen molar-refractivity contribution in [1.82, 2.24) is 19.6 Å². The summed E-state index contributed by atoms with van der Waals surface area (Å²) in [7, 11) is 0. The van der Waals surface area contributed by atoms with Crippen LogP contribution in [-0.2, 0) is 0 Å². The SMILES string of the molecule is Cc1nc2ccc(-c3cc4ccccc4[nH]c3=O)cn2n1. The number of H-pyrrole nitrogens is 1. The second-order valence-electron chi connectivity index (χ2n) is 4.98. The molecule has 1 aromatic carbocycles. The molecule has 0 atom stereocenters. The van der Waals surface area contributed by atoms with E-state index in [0.717, 1.165) is 22.1 Å². The Hall–Kier alpha value is -2.95. The molecule has 0 saturated carbocycles.